The molecule has 6 aromatic rings. The van der Waals surface area contributed by atoms with Crippen molar-refractivity contribution in [2.75, 3.05) is 0 Å². The number of hydrogen-bond acceptors (Lipinski definition) is 0. The van der Waals surface area contributed by atoms with Crippen molar-refractivity contribution in [1.82, 2.24) is 0 Å². The van der Waals surface area contributed by atoms with Crippen LogP contribution in [0, 0.1) is 0 Å². The second-order valence-electron chi connectivity index (χ2n) is 14.2. The van der Waals surface area contributed by atoms with Crippen LogP contribution in [-0.4, -0.2) is 7.63 Å². The molecule has 214 valence electrons. The zero-order chi connectivity index (χ0) is 30.2. The van der Waals surface area contributed by atoms with Gasteiger partial charge in [0.15, 0.2) is 0 Å². The minimum atomic E-state index is -3.36. The van der Waals surface area contributed by atoms with E-state index in [1.165, 1.54) is 77.2 Å². The molecule has 0 amide bonds. The van der Waals surface area contributed by atoms with Crippen LogP contribution in [0.4, 0.5) is 0 Å². The molecule has 0 aliphatic heterocycles. The van der Waals surface area contributed by atoms with E-state index in [2.05, 4.69) is 165 Å². The molecule has 8 rings (SSSR count). The van der Waals surface area contributed by atoms with Gasteiger partial charge in [-0.3, -0.25) is 0 Å². The zero-order valence-corrected chi connectivity index (χ0v) is 29.0. The molecule has 0 heterocycles. The molecule has 2 unspecified atom stereocenters. The molecule has 0 saturated carbocycles. The Morgan fingerprint density at radius 1 is 0.455 bits per heavy atom. The van der Waals surface area contributed by atoms with Gasteiger partial charge in [-0.1, -0.05) is 0 Å². The molecule has 2 atom stereocenters. The first-order valence-corrected chi connectivity index (χ1v) is 24.8. The van der Waals surface area contributed by atoms with Crippen LogP contribution in [-0.2, 0) is 14.0 Å². The average molecular weight is 619 g/mol. The number of benzene rings is 6. The summed E-state index contributed by atoms with van der Waals surface area (Å²) in [5.74, 6) is 0. The van der Waals surface area contributed by atoms with Crippen LogP contribution in [0.15, 0.2) is 132 Å². The molecule has 2 aliphatic rings. The van der Waals surface area contributed by atoms with Crippen LogP contribution in [0.2, 0.25) is 10.5 Å². The van der Waals surface area contributed by atoms with E-state index >= 15 is 0 Å². The van der Waals surface area contributed by atoms with Crippen molar-refractivity contribution in [1.29, 1.82) is 0 Å². The van der Waals surface area contributed by atoms with Gasteiger partial charge in [-0.25, -0.2) is 0 Å². The van der Waals surface area contributed by atoms with E-state index in [9.17, 15) is 0 Å². The predicted molar refractivity (Wildman–Crippen MR) is 192 cm³/mol. The first-order chi connectivity index (χ1) is 21.2. The zero-order valence-electron chi connectivity index (χ0n) is 26.1. The molecule has 0 N–H and O–H groups in total. The fourth-order valence-electron chi connectivity index (χ4n) is 9.18. The van der Waals surface area contributed by atoms with Crippen LogP contribution >= 0.6 is 0 Å². The minimum absolute atomic E-state index is 0.482. The second-order valence-corrected chi connectivity index (χ2v) is 34.4. The van der Waals surface area contributed by atoms with Crippen molar-refractivity contribution in [3.8, 4) is 22.3 Å². The molecule has 0 spiro atoms. The molecule has 0 radical (unpaired) electrons. The van der Waals surface area contributed by atoms with Gasteiger partial charge >= 0.3 is 265 Å². The quantitative estimate of drug-likeness (QED) is 0.173. The molecule has 44 heavy (non-hydrogen) atoms. The van der Waals surface area contributed by atoms with Crippen LogP contribution in [0.5, 0.6) is 0 Å². The number of hydrogen-bond donors (Lipinski definition) is 0. The average Bonchev–Trinajstić information content (AvgIpc) is 3.57. The van der Waals surface area contributed by atoms with Crippen molar-refractivity contribution in [2.45, 2.75) is 32.7 Å². The summed E-state index contributed by atoms with van der Waals surface area (Å²) in [6.07, 6.45) is 5.06. The molecule has 6 aromatic carbocycles. The summed E-state index contributed by atoms with van der Waals surface area (Å²) < 4.78 is 0.964. The van der Waals surface area contributed by atoms with Gasteiger partial charge in [0.05, 0.1) is 0 Å². The Hall–Kier alpha value is -3.75. The maximum absolute atomic E-state index is 3.36. The molecule has 0 bridgehead atoms. The van der Waals surface area contributed by atoms with Gasteiger partial charge in [-0.05, 0) is 0 Å². The Bertz CT molecular complexity index is 2130. The fourth-order valence-corrected chi connectivity index (χ4v) is 23.1. The van der Waals surface area contributed by atoms with Crippen LogP contribution in [0.1, 0.15) is 44.5 Å². The summed E-state index contributed by atoms with van der Waals surface area (Å²) in [5, 5.41) is 10.7. The molecule has 0 nitrogen and oxygen atoms in total. The number of fused-ring (bicyclic) bond motifs is 4. The Morgan fingerprint density at radius 2 is 0.818 bits per heavy atom. The van der Waals surface area contributed by atoms with Crippen molar-refractivity contribution in [2.24, 2.45) is 0 Å². The summed E-state index contributed by atoms with van der Waals surface area (Å²) in [7, 11) is 2.41. The molecule has 2 aliphatic carbocycles. The second kappa shape index (κ2) is 9.88. The Morgan fingerprint density at radius 3 is 1.27 bits per heavy atom. The van der Waals surface area contributed by atoms with E-state index in [0.29, 0.717) is 8.45 Å². The SMILES string of the molecule is CC1=Cc2c(-c3cccc4ccccc34)cccc2[CH]1[Ti]([CH3])([CH3])(=[SiH2])[CH]1C(C)=Cc2c(-c3cccc4ccccc34)cccc21. The van der Waals surface area contributed by atoms with E-state index in [-0.39, 0.29) is 0 Å². The number of rotatable bonds is 4. The standard InChI is InChI=1S/2C20H15.2CH3.H2Si.Ti/c2*1-14-12-16-8-5-11-19(20(16)13-14)18-10-4-7-15-6-2-3-9-17(15)18;;;;/h2*2-13H,1H3;2*1H3;1H2;. The van der Waals surface area contributed by atoms with Crippen LogP contribution in [0.3, 0.4) is 0 Å². The molecule has 0 saturated heterocycles. The third-order valence-corrected chi connectivity index (χ3v) is 22.3. The molecule has 0 aromatic heterocycles. The van der Waals surface area contributed by atoms with Gasteiger partial charge in [-0.2, -0.15) is 0 Å². The third kappa shape index (κ3) is 4.07. The van der Waals surface area contributed by atoms with Gasteiger partial charge < -0.3 is 0 Å². The van der Waals surface area contributed by atoms with E-state index in [0.717, 1.165) is 0 Å². The molecule has 2 heteroatoms. The van der Waals surface area contributed by atoms with E-state index in [4.69, 9.17) is 0 Å². The van der Waals surface area contributed by atoms with Crippen molar-refractivity contribution < 1.29 is 14.0 Å². The Kier molecular flexibility index (Phi) is 6.24. The summed E-state index contributed by atoms with van der Waals surface area (Å²) in [6, 6.07) is 45.3. The number of allylic oxidation sites excluding steroid dienone is 2. The van der Waals surface area contributed by atoms with Gasteiger partial charge in [-0.15, -0.1) is 0 Å². The molecular formula is C42H38SiTi. The van der Waals surface area contributed by atoms with Crippen molar-refractivity contribution >= 4 is 41.3 Å². The van der Waals surface area contributed by atoms with E-state index < -0.39 is 14.0 Å². The van der Waals surface area contributed by atoms with Gasteiger partial charge in [0.2, 0.25) is 0 Å². The summed E-state index contributed by atoms with van der Waals surface area (Å²) in [5.41, 5.74) is 14.4. The first-order valence-electron chi connectivity index (χ1n) is 15.9. The monoisotopic (exact) mass is 618 g/mol. The van der Waals surface area contributed by atoms with E-state index in [1.807, 2.05) is 0 Å². The van der Waals surface area contributed by atoms with Crippen molar-refractivity contribution in [3.63, 3.8) is 0 Å². The summed E-state index contributed by atoms with van der Waals surface area (Å²) in [4.78, 5) is 0. The maximum atomic E-state index is 2.72. The molecule has 0 fully saturated rings. The van der Waals surface area contributed by atoms with Crippen molar-refractivity contribution in [3.05, 3.63) is 155 Å². The fraction of sp³-hybridized carbons (Fsp3) is 0.143. The normalized spacial score (nSPS) is 17.8. The first kappa shape index (κ1) is 27.8. The van der Waals surface area contributed by atoms with Gasteiger partial charge in [0, 0.05) is 0 Å². The predicted octanol–water partition coefficient (Wildman–Crippen LogP) is 11.3. The van der Waals surface area contributed by atoms with Crippen LogP contribution in [0.25, 0.3) is 56.0 Å². The topological polar surface area (TPSA) is 0 Å². The van der Waals surface area contributed by atoms with Gasteiger partial charge in [0.1, 0.15) is 0 Å². The van der Waals surface area contributed by atoms with Crippen LogP contribution < -0.4 is 0 Å². The Balaban J connectivity index is 1.28. The third-order valence-electron chi connectivity index (χ3n) is 10.6. The summed E-state index contributed by atoms with van der Waals surface area (Å²) in [6.45, 7) is 4.81. The summed E-state index contributed by atoms with van der Waals surface area (Å²) >= 11 is -3.36. The van der Waals surface area contributed by atoms with E-state index in [1.54, 1.807) is 0 Å². The molecular weight excluding hydrogens is 580 g/mol. The van der Waals surface area contributed by atoms with Gasteiger partial charge in [0.25, 0.3) is 0 Å². The Labute approximate surface area is 263 Å².